The van der Waals surface area contributed by atoms with E-state index in [0.29, 0.717) is 11.6 Å². The van der Waals surface area contributed by atoms with E-state index in [1.807, 2.05) is 0 Å². The van der Waals surface area contributed by atoms with Crippen molar-refractivity contribution in [3.05, 3.63) is 58.0 Å². The van der Waals surface area contributed by atoms with Crippen molar-refractivity contribution in [3.8, 4) is 0 Å². The highest BCUT2D eigenvalue weighted by Gasteiger charge is 2.23. The molecule has 0 saturated carbocycles. The molecule has 1 aliphatic rings. The maximum absolute atomic E-state index is 12.9. The van der Waals surface area contributed by atoms with Crippen molar-refractivity contribution in [2.24, 2.45) is 0 Å². The Balaban J connectivity index is 1.57. The number of piperidine rings is 1. The van der Waals surface area contributed by atoms with Gasteiger partial charge in [-0.3, -0.25) is 9.69 Å². The van der Waals surface area contributed by atoms with Crippen LogP contribution in [0.2, 0.25) is 0 Å². The molecule has 3 rings (SSSR count). The molecular weight excluding hydrogens is 323 g/mol. The third-order valence-corrected chi connectivity index (χ3v) is 5.47. The summed E-state index contributed by atoms with van der Waals surface area (Å²) in [6.07, 6.45) is 3.80. The number of thiophene rings is 1. The van der Waals surface area contributed by atoms with Gasteiger partial charge in [0.25, 0.3) is 0 Å². The first-order valence-electron chi connectivity index (χ1n) is 8.51. The molecule has 0 aliphatic carbocycles. The van der Waals surface area contributed by atoms with Crippen LogP contribution in [-0.4, -0.2) is 36.9 Å². The van der Waals surface area contributed by atoms with E-state index in [9.17, 15) is 9.18 Å². The van der Waals surface area contributed by atoms with Gasteiger partial charge in [0.2, 0.25) is 0 Å². The van der Waals surface area contributed by atoms with Crippen LogP contribution >= 0.6 is 11.3 Å². The molecule has 0 bridgehead atoms. The molecule has 1 saturated heterocycles. The summed E-state index contributed by atoms with van der Waals surface area (Å²) in [7, 11) is 0. The summed E-state index contributed by atoms with van der Waals surface area (Å²) in [5.41, 5.74) is 0.551. The lowest BCUT2D eigenvalue weighted by Crippen LogP contribution is -2.39. The molecular formula is C19H23FN2OS. The average molecular weight is 346 g/mol. The van der Waals surface area contributed by atoms with Crippen molar-refractivity contribution < 1.29 is 9.18 Å². The largest absolute Gasteiger partial charge is 0.308 e. The maximum Gasteiger partial charge on any atom is 0.176 e. The number of rotatable bonds is 7. The summed E-state index contributed by atoms with van der Waals surface area (Å²) < 4.78 is 12.9. The highest BCUT2D eigenvalue weighted by atomic mass is 32.1. The third kappa shape index (κ3) is 4.50. The van der Waals surface area contributed by atoms with Gasteiger partial charge in [0.15, 0.2) is 5.78 Å². The van der Waals surface area contributed by atoms with E-state index in [2.05, 4.69) is 27.7 Å². The number of halogens is 1. The number of Topliss-reactive ketones (excluding diaryl/α,β-unsaturated/α-hetero) is 1. The Bertz CT molecular complexity index is 636. The smallest absolute Gasteiger partial charge is 0.176 e. The molecule has 2 aromatic rings. The van der Waals surface area contributed by atoms with Gasteiger partial charge >= 0.3 is 0 Å². The standard InChI is InChI=1S/C19H23FN2OS/c20-16-8-6-15(7-9-16)18(23)14-21-13-17(19-5-4-12-24-19)22-10-2-1-3-11-22/h4-9,12,17,21H,1-3,10-11,13-14H2. The molecule has 1 fully saturated rings. The van der Waals surface area contributed by atoms with Crippen molar-refractivity contribution in [2.45, 2.75) is 25.3 Å². The summed E-state index contributed by atoms with van der Waals surface area (Å²) >= 11 is 1.77. The topological polar surface area (TPSA) is 32.3 Å². The van der Waals surface area contributed by atoms with Crippen LogP contribution < -0.4 is 5.32 Å². The van der Waals surface area contributed by atoms with Crippen LogP contribution in [0.1, 0.15) is 40.5 Å². The van der Waals surface area contributed by atoms with Crippen LogP contribution in [0.25, 0.3) is 0 Å². The van der Waals surface area contributed by atoms with Crippen LogP contribution in [0, 0.1) is 5.82 Å². The first-order chi connectivity index (χ1) is 11.7. The summed E-state index contributed by atoms with van der Waals surface area (Å²) in [6, 6.07) is 10.3. The minimum atomic E-state index is -0.317. The summed E-state index contributed by atoms with van der Waals surface area (Å²) in [5, 5.41) is 5.41. The van der Waals surface area contributed by atoms with E-state index in [0.717, 1.165) is 19.6 Å². The zero-order chi connectivity index (χ0) is 16.8. The number of benzene rings is 1. The third-order valence-electron chi connectivity index (χ3n) is 4.49. The molecule has 24 heavy (non-hydrogen) atoms. The Kier molecular flexibility index (Phi) is 6.12. The number of carbonyl (C=O) groups is 1. The molecule has 1 aromatic heterocycles. The van der Waals surface area contributed by atoms with Crippen molar-refractivity contribution in [1.29, 1.82) is 0 Å². The van der Waals surface area contributed by atoms with Crippen molar-refractivity contribution in [3.63, 3.8) is 0 Å². The zero-order valence-corrected chi connectivity index (χ0v) is 14.5. The molecule has 128 valence electrons. The van der Waals surface area contributed by atoms with Gasteiger partial charge in [0.1, 0.15) is 5.82 Å². The van der Waals surface area contributed by atoms with Crippen LogP contribution in [-0.2, 0) is 0 Å². The Morgan fingerprint density at radius 2 is 1.92 bits per heavy atom. The number of hydrogen-bond acceptors (Lipinski definition) is 4. The molecule has 0 spiro atoms. The normalized spacial score (nSPS) is 16.9. The van der Waals surface area contributed by atoms with E-state index in [1.165, 1.54) is 36.3 Å². The number of ketones is 1. The highest BCUT2D eigenvalue weighted by molar-refractivity contribution is 7.10. The van der Waals surface area contributed by atoms with E-state index in [4.69, 9.17) is 0 Å². The lowest BCUT2D eigenvalue weighted by molar-refractivity contribution is 0.0984. The fourth-order valence-corrected chi connectivity index (χ4v) is 4.04. The average Bonchev–Trinajstić information content (AvgIpc) is 3.14. The molecule has 1 aromatic carbocycles. The quantitative estimate of drug-likeness (QED) is 0.772. The summed E-state index contributed by atoms with van der Waals surface area (Å²) in [6.45, 7) is 3.28. The molecule has 5 heteroatoms. The molecule has 3 nitrogen and oxygen atoms in total. The van der Waals surface area contributed by atoms with Gasteiger partial charge in [-0.05, 0) is 61.6 Å². The molecule has 1 atom stereocenters. The van der Waals surface area contributed by atoms with Gasteiger partial charge in [0.05, 0.1) is 12.6 Å². The lowest BCUT2D eigenvalue weighted by Gasteiger charge is -2.34. The molecule has 0 radical (unpaired) electrons. The summed E-state index contributed by atoms with van der Waals surface area (Å²) in [5.74, 6) is -0.319. The number of hydrogen-bond donors (Lipinski definition) is 1. The fraction of sp³-hybridized carbons (Fsp3) is 0.421. The Morgan fingerprint density at radius 3 is 2.58 bits per heavy atom. The highest BCUT2D eigenvalue weighted by Crippen LogP contribution is 2.27. The first-order valence-corrected chi connectivity index (χ1v) is 9.39. The number of nitrogens with one attached hydrogen (secondary N) is 1. The van der Waals surface area contributed by atoms with Gasteiger partial charge in [0, 0.05) is 17.0 Å². The SMILES string of the molecule is O=C(CNCC(c1cccs1)N1CCCCC1)c1ccc(F)cc1. The number of carbonyl (C=O) groups excluding carboxylic acids is 1. The molecule has 1 aliphatic heterocycles. The minimum Gasteiger partial charge on any atom is -0.308 e. The van der Waals surface area contributed by atoms with Gasteiger partial charge in [-0.2, -0.15) is 0 Å². The number of likely N-dealkylation sites (tertiary alicyclic amines) is 1. The van der Waals surface area contributed by atoms with Crippen molar-refractivity contribution in [1.82, 2.24) is 10.2 Å². The van der Waals surface area contributed by atoms with Gasteiger partial charge in [-0.1, -0.05) is 12.5 Å². The predicted molar refractivity (Wildman–Crippen MR) is 96.1 cm³/mol. The van der Waals surface area contributed by atoms with E-state index in [-0.39, 0.29) is 18.1 Å². The minimum absolute atomic E-state index is 0.00132. The molecule has 0 amide bonds. The second kappa shape index (κ2) is 8.51. The van der Waals surface area contributed by atoms with Gasteiger partial charge < -0.3 is 5.32 Å². The first kappa shape index (κ1) is 17.3. The fourth-order valence-electron chi connectivity index (χ4n) is 3.18. The van der Waals surface area contributed by atoms with Gasteiger partial charge in [-0.25, -0.2) is 4.39 Å². The lowest BCUT2D eigenvalue weighted by atomic mass is 10.1. The zero-order valence-electron chi connectivity index (χ0n) is 13.7. The van der Waals surface area contributed by atoms with Crippen LogP contribution in [0.5, 0.6) is 0 Å². The molecule has 1 unspecified atom stereocenters. The van der Waals surface area contributed by atoms with Crippen molar-refractivity contribution in [2.75, 3.05) is 26.2 Å². The van der Waals surface area contributed by atoms with Gasteiger partial charge in [-0.15, -0.1) is 11.3 Å². The second-order valence-corrected chi connectivity index (χ2v) is 7.17. The summed E-state index contributed by atoms with van der Waals surface area (Å²) in [4.78, 5) is 16.1. The Labute approximate surface area is 146 Å². The second-order valence-electron chi connectivity index (χ2n) is 6.19. The van der Waals surface area contributed by atoms with Crippen LogP contribution in [0.3, 0.4) is 0 Å². The Morgan fingerprint density at radius 1 is 1.17 bits per heavy atom. The van der Waals surface area contributed by atoms with E-state index in [1.54, 1.807) is 23.5 Å². The predicted octanol–water partition coefficient (Wildman–Crippen LogP) is 3.89. The van der Waals surface area contributed by atoms with Crippen molar-refractivity contribution >= 4 is 17.1 Å². The van der Waals surface area contributed by atoms with E-state index >= 15 is 0 Å². The van der Waals surface area contributed by atoms with E-state index < -0.39 is 0 Å². The molecule has 1 N–H and O–H groups in total. The maximum atomic E-state index is 12.9. The monoisotopic (exact) mass is 346 g/mol. The Hall–Kier alpha value is -1.56. The molecule has 2 heterocycles. The van der Waals surface area contributed by atoms with Crippen LogP contribution in [0.4, 0.5) is 4.39 Å². The number of nitrogens with zero attached hydrogens (tertiary/aromatic N) is 1. The van der Waals surface area contributed by atoms with Crippen LogP contribution in [0.15, 0.2) is 41.8 Å².